The summed E-state index contributed by atoms with van der Waals surface area (Å²) in [6, 6.07) is 7.39. The predicted octanol–water partition coefficient (Wildman–Crippen LogP) is 5.36. The maximum Gasteiger partial charge on any atom is 0.223 e. The van der Waals surface area contributed by atoms with E-state index in [1.54, 1.807) is 0 Å². The maximum atomic E-state index is 13.2. The molecule has 0 atom stereocenters. The van der Waals surface area contributed by atoms with Crippen molar-refractivity contribution in [2.75, 3.05) is 0 Å². The number of rotatable bonds is 3. The Hall–Kier alpha value is -1.61. The van der Waals surface area contributed by atoms with Gasteiger partial charge < -0.3 is 4.74 Å². The van der Waals surface area contributed by atoms with E-state index in [1.807, 2.05) is 19.1 Å². The number of nitrogens with zero attached hydrogens (tertiary/aromatic N) is 1. The van der Waals surface area contributed by atoms with Crippen molar-refractivity contribution in [3.8, 4) is 11.6 Å². The van der Waals surface area contributed by atoms with Crippen LogP contribution in [0.15, 0.2) is 30.5 Å². The number of pyridine rings is 1. The van der Waals surface area contributed by atoms with Gasteiger partial charge in [-0.2, -0.15) is 0 Å². The molecule has 0 saturated carbocycles. The zero-order valence-corrected chi connectivity index (χ0v) is 13.5. The number of alkyl halides is 1. The zero-order chi connectivity index (χ0) is 15.6. The van der Waals surface area contributed by atoms with E-state index in [9.17, 15) is 4.39 Å². The lowest BCUT2D eigenvalue weighted by molar-refractivity contribution is 0.450. The van der Waals surface area contributed by atoms with E-state index in [-0.39, 0.29) is 11.3 Å². The fraction of sp³-hybridized carbons (Fsp3) is 0.353. The molecule has 0 fully saturated rings. The van der Waals surface area contributed by atoms with Gasteiger partial charge in [-0.25, -0.2) is 9.37 Å². The topological polar surface area (TPSA) is 22.1 Å². The minimum atomic E-state index is -0.419. The van der Waals surface area contributed by atoms with Gasteiger partial charge in [0.15, 0.2) is 0 Å². The fourth-order valence-corrected chi connectivity index (χ4v) is 2.18. The SMILES string of the molecule is Cc1cc(C(C)(C)C)ccc1Oc1ncc(F)cc1CCl. The van der Waals surface area contributed by atoms with Crippen molar-refractivity contribution in [3.63, 3.8) is 0 Å². The molecule has 2 aromatic rings. The first kappa shape index (κ1) is 15.8. The van der Waals surface area contributed by atoms with E-state index in [0.717, 1.165) is 11.8 Å². The van der Waals surface area contributed by atoms with Gasteiger partial charge in [-0.1, -0.05) is 32.9 Å². The highest BCUT2D eigenvalue weighted by Crippen LogP contribution is 2.31. The number of benzene rings is 1. The fourth-order valence-electron chi connectivity index (χ4n) is 1.99. The Balaban J connectivity index is 2.32. The van der Waals surface area contributed by atoms with Crippen LogP contribution in [0.25, 0.3) is 0 Å². The van der Waals surface area contributed by atoms with E-state index in [2.05, 4.69) is 31.8 Å². The van der Waals surface area contributed by atoms with Crippen LogP contribution in [0.1, 0.15) is 37.5 Å². The lowest BCUT2D eigenvalue weighted by Crippen LogP contribution is -2.11. The first-order chi connectivity index (χ1) is 9.81. The number of aromatic nitrogens is 1. The highest BCUT2D eigenvalue weighted by atomic mass is 35.5. The van der Waals surface area contributed by atoms with Crippen LogP contribution in [0, 0.1) is 12.7 Å². The average Bonchev–Trinajstić information content (AvgIpc) is 2.41. The largest absolute Gasteiger partial charge is 0.438 e. The Morgan fingerprint density at radius 3 is 2.52 bits per heavy atom. The summed E-state index contributed by atoms with van der Waals surface area (Å²) in [5, 5.41) is 0. The van der Waals surface area contributed by atoms with Crippen molar-refractivity contribution >= 4 is 11.6 Å². The Bertz CT molecular complexity index is 650. The highest BCUT2D eigenvalue weighted by molar-refractivity contribution is 6.17. The lowest BCUT2D eigenvalue weighted by atomic mass is 9.86. The van der Waals surface area contributed by atoms with Crippen molar-refractivity contribution in [2.45, 2.75) is 39.0 Å². The highest BCUT2D eigenvalue weighted by Gasteiger charge is 2.16. The number of hydrogen-bond acceptors (Lipinski definition) is 2. The first-order valence-electron chi connectivity index (χ1n) is 6.80. The molecule has 0 amide bonds. The second-order valence-electron chi connectivity index (χ2n) is 6.08. The van der Waals surface area contributed by atoms with Gasteiger partial charge in [0, 0.05) is 5.56 Å². The van der Waals surface area contributed by atoms with Crippen LogP contribution in [0.4, 0.5) is 4.39 Å². The summed E-state index contributed by atoms with van der Waals surface area (Å²) in [6.45, 7) is 8.47. The van der Waals surface area contributed by atoms with Crippen LogP contribution in [0.3, 0.4) is 0 Å². The summed E-state index contributed by atoms with van der Waals surface area (Å²) in [5.41, 5.74) is 2.86. The van der Waals surface area contributed by atoms with Crippen LogP contribution in [0.5, 0.6) is 11.6 Å². The summed E-state index contributed by atoms with van der Waals surface area (Å²) >= 11 is 5.81. The molecule has 1 aromatic carbocycles. The minimum Gasteiger partial charge on any atom is -0.438 e. The van der Waals surface area contributed by atoms with Crippen molar-refractivity contribution in [1.29, 1.82) is 0 Å². The molecule has 1 heterocycles. The summed E-state index contributed by atoms with van der Waals surface area (Å²) in [4.78, 5) is 3.97. The molecular weight excluding hydrogens is 289 g/mol. The summed E-state index contributed by atoms with van der Waals surface area (Å²) in [5.74, 6) is 0.781. The standard InChI is InChI=1S/C17H19ClFNO/c1-11-7-13(17(2,3)4)5-6-15(11)21-16-12(9-18)8-14(19)10-20-16/h5-8,10H,9H2,1-4H3. The van der Waals surface area contributed by atoms with E-state index in [1.165, 1.54) is 11.6 Å². The number of hydrogen-bond donors (Lipinski definition) is 0. The van der Waals surface area contributed by atoms with E-state index < -0.39 is 5.82 Å². The van der Waals surface area contributed by atoms with Crippen molar-refractivity contribution < 1.29 is 9.13 Å². The van der Waals surface area contributed by atoms with Gasteiger partial charge in [-0.15, -0.1) is 11.6 Å². The van der Waals surface area contributed by atoms with Crippen LogP contribution >= 0.6 is 11.6 Å². The summed E-state index contributed by atoms with van der Waals surface area (Å²) in [6.07, 6.45) is 1.13. The molecule has 0 aliphatic carbocycles. The lowest BCUT2D eigenvalue weighted by Gasteiger charge is -2.20. The Labute approximate surface area is 129 Å². The van der Waals surface area contributed by atoms with Crippen LogP contribution in [-0.2, 0) is 11.3 Å². The molecule has 112 valence electrons. The molecule has 0 unspecified atom stereocenters. The monoisotopic (exact) mass is 307 g/mol. The molecule has 0 spiro atoms. The van der Waals surface area contributed by atoms with Gasteiger partial charge in [0.05, 0.1) is 12.1 Å². The smallest absolute Gasteiger partial charge is 0.223 e. The van der Waals surface area contributed by atoms with Gasteiger partial charge >= 0.3 is 0 Å². The number of ether oxygens (including phenoxy) is 1. The summed E-state index contributed by atoms with van der Waals surface area (Å²) in [7, 11) is 0. The van der Waals surface area contributed by atoms with Gasteiger partial charge in [-0.05, 0) is 35.6 Å². The third-order valence-corrected chi connectivity index (χ3v) is 3.57. The average molecular weight is 308 g/mol. The molecule has 0 saturated heterocycles. The van der Waals surface area contributed by atoms with E-state index >= 15 is 0 Å². The third kappa shape index (κ3) is 3.73. The first-order valence-corrected chi connectivity index (χ1v) is 7.34. The predicted molar refractivity (Wildman–Crippen MR) is 83.7 cm³/mol. The molecular formula is C17H19ClFNO. The number of halogens is 2. The zero-order valence-electron chi connectivity index (χ0n) is 12.7. The molecule has 0 aliphatic rings. The Morgan fingerprint density at radius 2 is 1.95 bits per heavy atom. The Morgan fingerprint density at radius 1 is 1.24 bits per heavy atom. The molecule has 4 heteroatoms. The second kappa shape index (κ2) is 6.02. The van der Waals surface area contributed by atoms with Gasteiger partial charge in [0.25, 0.3) is 0 Å². The molecule has 1 aromatic heterocycles. The molecule has 2 nitrogen and oxygen atoms in total. The molecule has 0 radical (unpaired) electrons. The van der Waals surface area contributed by atoms with Gasteiger partial charge in [0.2, 0.25) is 5.88 Å². The van der Waals surface area contributed by atoms with Gasteiger partial charge in [0.1, 0.15) is 11.6 Å². The third-order valence-electron chi connectivity index (χ3n) is 3.28. The van der Waals surface area contributed by atoms with Crippen LogP contribution in [0.2, 0.25) is 0 Å². The van der Waals surface area contributed by atoms with E-state index in [4.69, 9.17) is 16.3 Å². The summed E-state index contributed by atoms with van der Waals surface area (Å²) < 4.78 is 19.0. The van der Waals surface area contributed by atoms with E-state index in [0.29, 0.717) is 17.2 Å². The second-order valence-corrected chi connectivity index (χ2v) is 6.35. The van der Waals surface area contributed by atoms with Crippen LogP contribution in [-0.4, -0.2) is 4.98 Å². The molecule has 0 N–H and O–H groups in total. The molecule has 2 rings (SSSR count). The molecule has 0 bridgehead atoms. The number of aryl methyl sites for hydroxylation is 1. The van der Waals surface area contributed by atoms with Crippen molar-refractivity contribution in [2.24, 2.45) is 0 Å². The van der Waals surface area contributed by atoms with Crippen molar-refractivity contribution in [1.82, 2.24) is 4.98 Å². The van der Waals surface area contributed by atoms with Crippen molar-refractivity contribution in [3.05, 3.63) is 53.0 Å². The normalized spacial score (nSPS) is 11.5. The minimum absolute atomic E-state index is 0.0821. The van der Waals surface area contributed by atoms with Gasteiger partial charge in [-0.3, -0.25) is 0 Å². The molecule has 21 heavy (non-hydrogen) atoms. The Kier molecular flexibility index (Phi) is 4.52. The molecule has 0 aliphatic heterocycles. The maximum absolute atomic E-state index is 13.2. The quantitative estimate of drug-likeness (QED) is 0.712. The van der Waals surface area contributed by atoms with Crippen LogP contribution < -0.4 is 4.74 Å².